The molecule has 0 bridgehead atoms. The number of amides is 1. The minimum absolute atomic E-state index is 0. The molecule has 0 aliphatic carbocycles. The molecule has 2 heterocycles. The number of thiazole rings is 1. The Morgan fingerprint density at radius 1 is 1.42 bits per heavy atom. The van der Waals surface area contributed by atoms with Crippen molar-refractivity contribution in [1.29, 1.82) is 0 Å². The summed E-state index contributed by atoms with van der Waals surface area (Å²) in [6.45, 7) is 4.00. The largest absolute Gasteiger partial charge is 0.490 e. The van der Waals surface area contributed by atoms with Crippen molar-refractivity contribution in [3.8, 4) is 5.75 Å². The van der Waals surface area contributed by atoms with Gasteiger partial charge in [0, 0.05) is 30.3 Å². The molecule has 1 aliphatic rings. The van der Waals surface area contributed by atoms with Crippen molar-refractivity contribution in [3.05, 3.63) is 39.8 Å². The van der Waals surface area contributed by atoms with Gasteiger partial charge in [-0.15, -0.1) is 23.7 Å². The summed E-state index contributed by atoms with van der Waals surface area (Å²) < 4.78 is 11.4. The van der Waals surface area contributed by atoms with E-state index in [4.69, 9.17) is 15.2 Å². The Morgan fingerprint density at radius 2 is 2.19 bits per heavy atom. The molecule has 1 aliphatic heterocycles. The van der Waals surface area contributed by atoms with E-state index in [-0.39, 0.29) is 24.4 Å². The number of aromatic nitrogens is 1. The Hall–Kier alpha value is -1.67. The number of ether oxygens (including phenoxy) is 2. The van der Waals surface area contributed by atoms with Gasteiger partial charge in [-0.1, -0.05) is 0 Å². The van der Waals surface area contributed by atoms with Gasteiger partial charge in [0.1, 0.15) is 17.5 Å². The maximum Gasteiger partial charge on any atom is 0.275 e. The van der Waals surface area contributed by atoms with E-state index in [1.54, 1.807) is 5.38 Å². The third kappa shape index (κ3) is 5.41. The fourth-order valence-corrected chi connectivity index (χ4v) is 3.48. The van der Waals surface area contributed by atoms with E-state index in [2.05, 4.69) is 10.3 Å². The highest BCUT2D eigenvalue weighted by molar-refractivity contribution is 7.09. The second kappa shape index (κ2) is 9.87. The van der Waals surface area contributed by atoms with E-state index in [9.17, 15) is 4.79 Å². The van der Waals surface area contributed by atoms with Crippen LogP contribution < -0.4 is 15.8 Å². The molecule has 0 saturated carbocycles. The minimum atomic E-state index is -0.211. The fraction of sp³-hybridized carbons (Fsp3) is 0.444. The van der Waals surface area contributed by atoms with Crippen molar-refractivity contribution in [3.63, 3.8) is 0 Å². The van der Waals surface area contributed by atoms with Crippen LogP contribution in [0.2, 0.25) is 0 Å². The molecule has 1 amide bonds. The van der Waals surface area contributed by atoms with Gasteiger partial charge in [0.05, 0.1) is 18.2 Å². The number of anilines is 1. The van der Waals surface area contributed by atoms with Crippen molar-refractivity contribution in [2.75, 3.05) is 25.1 Å². The van der Waals surface area contributed by atoms with E-state index < -0.39 is 0 Å². The molecule has 0 radical (unpaired) electrons. The van der Waals surface area contributed by atoms with Crippen LogP contribution >= 0.6 is 23.7 Å². The number of aryl methyl sites for hydroxylation is 1. The molecular weight excluding hydrogens is 374 g/mol. The molecule has 1 aromatic heterocycles. The summed E-state index contributed by atoms with van der Waals surface area (Å²) in [5, 5.41) is 5.52. The van der Waals surface area contributed by atoms with E-state index in [0.717, 1.165) is 48.1 Å². The number of hydrogen-bond acceptors (Lipinski definition) is 6. The van der Waals surface area contributed by atoms with Crippen LogP contribution in [-0.2, 0) is 11.2 Å². The average molecular weight is 398 g/mol. The normalized spacial score (nSPS) is 14.5. The molecule has 3 N–H and O–H groups in total. The van der Waals surface area contributed by atoms with Crippen LogP contribution in [0, 0.1) is 6.92 Å². The number of hydrogen-bond donors (Lipinski definition) is 2. The van der Waals surface area contributed by atoms with Gasteiger partial charge >= 0.3 is 0 Å². The van der Waals surface area contributed by atoms with Crippen molar-refractivity contribution < 1.29 is 14.3 Å². The van der Waals surface area contributed by atoms with E-state index in [1.807, 2.05) is 25.1 Å². The predicted molar refractivity (Wildman–Crippen MR) is 106 cm³/mol. The van der Waals surface area contributed by atoms with Crippen molar-refractivity contribution in [1.82, 2.24) is 4.98 Å². The summed E-state index contributed by atoms with van der Waals surface area (Å²) in [6, 6.07) is 5.67. The van der Waals surface area contributed by atoms with E-state index in [0.29, 0.717) is 18.7 Å². The van der Waals surface area contributed by atoms with Crippen LogP contribution in [0.1, 0.15) is 33.9 Å². The second-order valence-electron chi connectivity index (χ2n) is 6.03. The zero-order valence-electron chi connectivity index (χ0n) is 14.7. The average Bonchev–Trinajstić information content (AvgIpc) is 3.07. The van der Waals surface area contributed by atoms with Crippen LogP contribution in [0.4, 0.5) is 5.69 Å². The lowest BCUT2D eigenvalue weighted by molar-refractivity contribution is 0.0253. The smallest absolute Gasteiger partial charge is 0.275 e. The molecule has 2 aromatic rings. The van der Waals surface area contributed by atoms with Crippen LogP contribution in [0.3, 0.4) is 0 Å². The number of halogens is 1. The second-order valence-corrected chi connectivity index (χ2v) is 6.97. The van der Waals surface area contributed by atoms with Gasteiger partial charge in [-0.3, -0.25) is 4.79 Å². The standard InChI is InChI=1S/C18H23N3O3S.ClH/c1-12-10-13(2-3-16(12)24-14-5-8-23-9-6-14)20-18(22)15-11-25-17(21-15)4-7-19;/h2-3,10-11,14H,4-9,19H2,1H3,(H,20,22);1H. The number of carbonyl (C=O) groups is 1. The van der Waals surface area contributed by atoms with Gasteiger partial charge in [0.2, 0.25) is 0 Å². The lowest BCUT2D eigenvalue weighted by Crippen LogP contribution is -2.26. The van der Waals surface area contributed by atoms with Gasteiger partial charge in [0.15, 0.2) is 0 Å². The molecule has 0 atom stereocenters. The zero-order chi connectivity index (χ0) is 17.6. The van der Waals surface area contributed by atoms with Crippen molar-refractivity contribution in [2.45, 2.75) is 32.3 Å². The number of nitrogens with zero attached hydrogens (tertiary/aromatic N) is 1. The van der Waals surface area contributed by atoms with Crippen LogP contribution in [0.15, 0.2) is 23.6 Å². The molecule has 6 nitrogen and oxygen atoms in total. The molecule has 1 aromatic carbocycles. The maximum atomic E-state index is 12.3. The highest BCUT2D eigenvalue weighted by Crippen LogP contribution is 2.25. The Bertz CT molecular complexity index is 732. The molecule has 26 heavy (non-hydrogen) atoms. The first-order valence-corrected chi connectivity index (χ1v) is 9.34. The first kappa shape index (κ1) is 20.6. The van der Waals surface area contributed by atoms with Crippen LogP contribution in [0.5, 0.6) is 5.75 Å². The van der Waals surface area contributed by atoms with Crippen molar-refractivity contribution in [2.24, 2.45) is 5.73 Å². The summed E-state index contributed by atoms with van der Waals surface area (Å²) >= 11 is 1.46. The quantitative estimate of drug-likeness (QED) is 0.781. The predicted octanol–water partition coefficient (Wildman–Crippen LogP) is 3.18. The summed E-state index contributed by atoms with van der Waals surface area (Å²) in [5.74, 6) is 0.640. The number of carbonyl (C=O) groups excluding carboxylic acids is 1. The number of nitrogens with two attached hydrogens (primary N) is 1. The fourth-order valence-electron chi connectivity index (χ4n) is 2.68. The number of nitrogens with one attached hydrogen (secondary N) is 1. The van der Waals surface area contributed by atoms with Gasteiger partial charge in [-0.05, 0) is 37.2 Å². The van der Waals surface area contributed by atoms with Gasteiger partial charge < -0.3 is 20.5 Å². The SMILES string of the molecule is Cc1cc(NC(=O)c2csc(CCN)n2)ccc1OC1CCOCC1.Cl. The van der Waals surface area contributed by atoms with E-state index in [1.165, 1.54) is 11.3 Å². The lowest BCUT2D eigenvalue weighted by Gasteiger charge is -2.24. The number of benzene rings is 1. The molecule has 1 fully saturated rings. The Kier molecular flexibility index (Phi) is 7.84. The first-order chi connectivity index (χ1) is 12.2. The van der Waals surface area contributed by atoms with Crippen molar-refractivity contribution >= 4 is 35.3 Å². The Labute approximate surface area is 163 Å². The topological polar surface area (TPSA) is 86.5 Å². The van der Waals surface area contributed by atoms with Crippen LogP contribution in [-0.4, -0.2) is 36.8 Å². The maximum absolute atomic E-state index is 12.3. The Balaban J connectivity index is 0.00000243. The lowest BCUT2D eigenvalue weighted by atomic mass is 10.1. The summed E-state index contributed by atoms with van der Waals surface area (Å²) in [6.07, 6.45) is 2.71. The Morgan fingerprint density at radius 3 is 2.88 bits per heavy atom. The summed E-state index contributed by atoms with van der Waals surface area (Å²) in [4.78, 5) is 16.6. The summed E-state index contributed by atoms with van der Waals surface area (Å²) in [5.41, 5.74) is 7.66. The minimum Gasteiger partial charge on any atom is -0.490 e. The molecule has 0 unspecified atom stereocenters. The van der Waals surface area contributed by atoms with Gasteiger partial charge in [-0.25, -0.2) is 4.98 Å². The van der Waals surface area contributed by atoms with Gasteiger partial charge in [0.25, 0.3) is 5.91 Å². The third-order valence-corrected chi connectivity index (χ3v) is 4.95. The molecule has 0 spiro atoms. The zero-order valence-corrected chi connectivity index (χ0v) is 16.3. The van der Waals surface area contributed by atoms with Gasteiger partial charge in [-0.2, -0.15) is 0 Å². The van der Waals surface area contributed by atoms with Crippen LogP contribution in [0.25, 0.3) is 0 Å². The first-order valence-electron chi connectivity index (χ1n) is 8.46. The monoisotopic (exact) mass is 397 g/mol. The molecule has 8 heteroatoms. The highest BCUT2D eigenvalue weighted by Gasteiger charge is 2.17. The molecule has 142 valence electrons. The molecule has 3 rings (SSSR count). The highest BCUT2D eigenvalue weighted by atomic mass is 35.5. The molecular formula is C18H24ClN3O3S. The van der Waals surface area contributed by atoms with E-state index >= 15 is 0 Å². The summed E-state index contributed by atoms with van der Waals surface area (Å²) in [7, 11) is 0. The third-order valence-electron chi connectivity index (χ3n) is 4.04. The molecule has 1 saturated heterocycles. The number of rotatable bonds is 6.